The van der Waals surface area contributed by atoms with E-state index in [0.717, 1.165) is 5.69 Å². The molecule has 0 radical (unpaired) electrons. The molecule has 0 aliphatic carbocycles. The Morgan fingerprint density at radius 3 is 2.65 bits per heavy atom. The molecule has 0 bridgehead atoms. The molecule has 0 fully saturated rings. The van der Waals surface area contributed by atoms with Gasteiger partial charge in [0.1, 0.15) is 0 Å². The van der Waals surface area contributed by atoms with Crippen molar-refractivity contribution >= 4 is 17.6 Å². The molecule has 0 spiro atoms. The second-order valence-corrected chi connectivity index (χ2v) is 3.73. The minimum absolute atomic E-state index is 0.114. The fourth-order valence-corrected chi connectivity index (χ4v) is 1.64. The van der Waals surface area contributed by atoms with Gasteiger partial charge >= 0.3 is 5.97 Å². The van der Waals surface area contributed by atoms with Crippen molar-refractivity contribution in [1.29, 1.82) is 0 Å². The minimum atomic E-state index is -0.550. The fraction of sp³-hybridized carbons (Fsp3) is 0.182. The van der Waals surface area contributed by atoms with Crippen molar-refractivity contribution < 1.29 is 9.53 Å². The predicted octanol–water partition coefficient (Wildman–Crippen LogP) is 2.02. The average Bonchev–Trinajstić information content (AvgIpc) is 2.67. The van der Waals surface area contributed by atoms with Crippen LogP contribution in [0.15, 0.2) is 24.5 Å². The maximum atomic E-state index is 11.4. The number of pyridine rings is 1. The topological polar surface area (TPSA) is 57.0 Å². The van der Waals surface area contributed by atoms with Gasteiger partial charge in [-0.05, 0) is 19.1 Å². The molecule has 0 aliphatic rings. The van der Waals surface area contributed by atoms with Crippen LogP contribution in [0.3, 0.4) is 0 Å². The number of aromatic nitrogens is 3. The summed E-state index contributed by atoms with van der Waals surface area (Å²) in [6, 6.07) is 3.55. The molecular formula is C11H10ClN3O2. The Hall–Kier alpha value is -1.88. The summed E-state index contributed by atoms with van der Waals surface area (Å²) >= 11 is 6.04. The number of methoxy groups -OCH3 is 1. The van der Waals surface area contributed by atoms with Crippen LogP contribution < -0.4 is 0 Å². The van der Waals surface area contributed by atoms with Gasteiger partial charge in [0, 0.05) is 12.4 Å². The van der Waals surface area contributed by atoms with Crippen LogP contribution in [0.2, 0.25) is 5.02 Å². The molecular weight excluding hydrogens is 242 g/mol. The largest absolute Gasteiger partial charge is 0.464 e. The van der Waals surface area contributed by atoms with E-state index in [1.165, 1.54) is 7.11 Å². The predicted molar refractivity (Wildman–Crippen MR) is 62.4 cm³/mol. The Labute approximate surface area is 103 Å². The van der Waals surface area contributed by atoms with Crippen molar-refractivity contribution in [1.82, 2.24) is 14.8 Å². The lowest BCUT2D eigenvalue weighted by molar-refractivity contribution is 0.0593. The van der Waals surface area contributed by atoms with E-state index in [0.29, 0.717) is 10.7 Å². The highest BCUT2D eigenvalue weighted by Crippen LogP contribution is 2.23. The van der Waals surface area contributed by atoms with E-state index in [9.17, 15) is 4.79 Å². The first-order valence-electron chi connectivity index (χ1n) is 4.89. The van der Waals surface area contributed by atoms with E-state index in [1.54, 1.807) is 36.1 Å². The van der Waals surface area contributed by atoms with Crippen molar-refractivity contribution in [2.45, 2.75) is 6.92 Å². The first kappa shape index (κ1) is 11.6. The molecule has 2 heterocycles. The van der Waals surface area contributed by atoms with Crippen molar-refractivity contribution in [3.8, 4) is 5.69 Å². The summed E-state index contributed by atoms with van der Waals surface area (Å²) in [6.45, 7) is 1.78. The van der Waals surface area contributed by atoms with Gasteiger partial charge in [0.15, 0.2) is 5.69 Å². The van der Waals surface area contributed by atoms with Gasteiger partial charge in [0.25, 0.3) is 0 Å². The van der Waals surface area contributed by atoms with Crippen LogP contribution in [0.25, 0.3) is 5.69 Å². The molecule has 0 saturated carbocycles. The molecule has 0 unspecified atom stereocenters. The van der Waals surface area contributed by atoms with Gasteiger partial charge in [-0.2, -0.15) is 5.10 Å². The SMILES string of the molecule is COC(=O)c1nn(-c2ccncc2)c(C)c1Cl. The molecule has 2 aromatic rings. The van der Waals surface area contributed by atoms with Crippen LogP contribution in [0.1, 0.15) is 16.2 Å². The molecule has 0 saturated heterocycles. The molecule has 0 atom stereocenters. The van der Waals surface area contributed by atoms with E-state index in [2.05, 4.69) is 14.8 Å². The lowest BCUT2D eigenvalue weighted by Crippen LogP contribution is -2.04. The van der Waals surface area contributed by atoms with Crippen LogP contribution in [0.4, 0.5) is 0 Å². The molecule has 6 heteroatoms. The summed E-state index contributed by atoms with van der Waals surface area (Å²) < 4.78 is 6.19. The van der Waals surface area contributed by atoms with Gasteiger partial charge in [-0.1, -0.05) is 11.6 Å². The minimum Gasteiger partial charge on any atom is -0.464 e. The second kappa shape index (κ2) is 4.55. The third-order valence-electron chi connectivity index (χ3n) is 2.33. The van der Waals surface area contributed by atoms with Crippen molar-refractivity contribution in [3.63, 3.8) is 0 Å². The summed E-state index contributed by atoms with van der Waals surface area (Å²) in [5, 5.41) is 4.43. The number of carbonyl (C=O) groups excluding carboxylic acids is 1. The summed E-state index contributed by atoms with van der Waals surface area (Å²) in [4.78, 5) is 15.4. The third kappa shape index (κ3) is 2.01. The number of hydrogen-bond donors (Lipinski definition) is 0. The maximum absolute atomic E-state index is 11.4. The summed E-state index contributed by atoms with van der Waals surface area (Å²) in [6.07, 6.45) is 3.28. The third-order valence-corrected chi connectivity index (χ3v) is 2.78. The van der Waals surface area contributed by atoms with Crippen LogP contribution >= 0.6 is 11.6 Å². The quantitative estimate of drug-likeness (QED) is 0.766. The smallest absolute Gasteiger partial charge is 0.360 e. The van der Waals surface area contributed by atoms with Crippen molar-refractivity contribution in [3.05, 3.63) is 40.9 Å². The Morgan fingerprint density at radius 1 is 1.41 bits per heavy atom. The molecule has 0 aliphatic heterocycles. The highest BCUT2D eigenvalue weighted by atomic mass is 35.5. The maximum Gasteiger partial charge on any atom is 0.360 e. The van der Waals surface area contributed by atoms with Gasteiger partial charge in [-0.3, -0.25) is 4.98 Å². The lowest BCUT2D eigenvalue weighted by atomic mass is 10.3. The fourth-order valence-electron chi connectivity index (χ4n) is 1.45. The number of hydrogen-bond acceptors (Lipinski definition) is 4. The number of ether oxygens (including phenoxy) is 1. The molecule has 0 amide bonds. The number of carbonyl (C=O) groups is 1. The first-order valence-corrected chi connectivity index (χ1v) is 5.26. The monoisotopic (exact) mass is 251 g/mol. The highest BCUT2D eigenvalue weighted by molar-refractivity contribution is 6.34. The Morgan fingerprint density at radius 2 is 2.06 bits per heavy atom. The van der Waals surface area contributed by atoms with Crippen LogP contribution in [0.5, 0.6) is 0 Å². The lowest BCUT2D eigenvalue weighted by Gasteiger charge is -2.02. The Kier molecular flexibility index (Phi) is 3.10. The zero-order valence-corrected chi connectivity index (χ0v) is 10.1. The van der Waals surface area contributed by atoms with Crippen molar-refractivity contribution in [2.75, 3.05) is 7.11 Å². The van der Waals surface area contributed by atoms with Crippen LogP contribution in [-0.4, -0.2) is 27.8 Å². The standard InChI is InChI=1S/C11H10ClN3O2/c1-7-9(12)10(11(16)17-2)14-15(7)8-3-5-13-6-4-8/h3-6H,1-2H3. The van der Waals surface area contributed by atoms with E-state index < -0.39 is 5.97 Å². The molecule has 5 nitrogen and oxygen atoms in total. The highest BCUT2D eigenvalue weighted by Gasteiger charge is 2.20. The van der Waals surface area contributed by atoms with E-state index in [1.807, 2.05) is 0 Å². The van der Waals surface area contributed by atoms with Gasteiger partial charge in [-0.25, -0.2) is 9.48 Å². The summed E-state index contributed by atoms with van der Waals surface area (Å²) in [5.74, 6) is -0.550. The van der Waals surface area contributed by atoms with Gasteiger partial charge in [0.2, 0.25) is 0 Å². The summed E-state index contributed by atoms with van der Waals surface area (Å²) in [7, 11) is 1.29. The van der Waals surface area contributed by atoms with E-state index >= 15 is 0 Å². The second-order valence-electron chi connectivity index (χ2n) is 3.36. The van der Waals surface area contributed by atoms with Gasteiger partial charge in [-0.15, -0.1) is 0 Å². The van der Waals surface area contributed by atoms with Gasteiger partial charge in [0.05, 0.1) is 23.5 Å². The zero-order valence-electron chi connectivity index (χ0n) is 9.35. The molecule has 17 heavy (non-hydrogen) atoms. The molecule has 2 aromatic heterocycles. The van der Waals surface area contributed by atoms with Gasteiger partial charge < -0.3 is 4.74 Å². The zero-order chi connectivity index (χ0) is 12.4. The first-order chi connectivity index (χ1) is 8.15. The van der Waals surface area contributed by atoms with Crippen LogP contribution in [-0.2, 0) is 4.74 Å². The molecule has 2 rings (SSSR count). The molecule has 88 valence electrons. The normalized spacial score (nSPS) is 10.3. The van der Waals surface area contributed by atoms with E-state index in [4.69, 9.17) is 11.6 Å². The van der Waals surface area contributed by atoms with Crippen molar-refractivity contribution in [2.24, 2.45) is 0 Å². The Balaban J connectivity index is 2.54. The molecule has 0 N–H and O–H groups in total. The molecule has 0 aromatic carbocycles. The number of halogens is 1. The number of rotatable bonds is 2. The summed E-state index contributed by atoms with van der Waals surface area (Å²) in [5.41, 5.74) is 1.58. The number of esters is 1. The van der Waals surface area contributed by atoms with E-state index in [-0.39, 0.29) is 5.69 Å². The average molecular weight is 252 g/mol. The number of nitrogens with zero attached hydrogens (tertiary/aromatic N) is 3. The van der Waals surface area contributed by atoms with Crippen LogP contribution in [0, 0.1) is 6.92 Å². The Bertz CT molecular complexity index is 551.